The van der Waals surface area contributed by atoms with Crippen molar-refractivity contribution in [2.45, 2.75) is 66.5 Å². The quantitative estimate of drug-likeness (QED) is 0.783. The van der Waals surface area contributed by atoms with Crippen LogP contribution < -0.4 is 5.32 Å². The molecule has 0 bridgehead atoms. The van der Waals surface area contributed by atoms with E-state index in [0.717, 1.165) is 25.2 Å². The summed E-state index contributed by atoms with van der Waals surface area (Å²) >= 11 is 3.70. The number of hydrogen-bond donors (Lipinski definition) is 1. The number of nitrogens with zero attached hydrogens (tertiary/aromatic N) is 2. The molecule has 0 aliphatic rings. The van der Waals surface area contributed by atoms with Gasteiger partial charge in [-0.05, 0) is 62.0 Å². The molecule has 0 spiro atoms. The zero-order valence-corrected chi connectivity index (χ0v) is 14.5. The molecule has 0 fully saturated rings. The average Bonchev–Trinajstić information content (AvgIpc) is 2.69. The highest BCUT2D eigenvalue weighted by atomic mass is 79.9. The van der Waals surface area contributed by atoms with E-state index in [9.17, 15) is 0 Å². The normalized spacial score (nSPS) is 14.6. The van der Waals surface area contributed by atoms with Gasteiger partial charge in [-0.15, -0.1) is 0 Å². The van der Waals surface area contributed by atoms with Gasteiger partial charge >= 0.3 is 0 Å². The van der Waals surface area contributed by atoms with Gasteiger partial charge in [-0.2, -0.15) is 5.10 Å². The van der Waals surface area contributed by atoms with Crippen molar-refractivity contribution in [1.82, 2.24) is 15.1 Å². The summed E-state index contributed by atoms with van der Waals surface area (Å²) in [4.78, 5) is 0. The number of halogens is 1. The smallest absolute Gasteiger partial charge is 0.0738 e. The minimum Gasteiger partial charge on any atom is -0.314 e. The molecule has 0 aliphatic heterocycles. The van der Waals surface area contributed by atoms with Gasteiger partial charge in [0.2, 0.25) is 0 Å². The summed E-state index contributed by atoms with van der Waals surface area (Å²) in [6.45, 7) is 13.1. The van der Waals surface area contributed by atoms with Crippen LogP contribution in [0.3, 0.4) is 0 Å². The van der Waals surface area contributed by atoms with Crippen LogP contribution in [-0.2, 0) is 13.0 Å². The Kier molecular flexibility index (Phi) is 7.08. The van der Waals surface area contributed by atoms with Crippen LogP contribution in [-0.4, -0.2) is 22.4 Å². The molecule has 1 heterocycles. The lowest BCUT2D eigenvalue weighted by Gasteiger charge is -2.24. The first-order valence-electron chi connectivity index (χ1n) is 7.50. The molecule has 0 radical (unpaired) electrons. The molecule has 4 heteroatoms. The lowest BCUT2D eigenvalue weighted by Crippen LogP contribution is -2.35. The van der Waals surface area contributed by atoms with Crippen molar-refractivity contribution >= 4 is 15.9 Å². The lowest BCUT2D eigenvalue weighted by atomic mass is 9.92. The Morgan fingerprint density at radius 3 is 2.53 bits per heavy atom. The number of hydrogen-bond acceptors (Lipinski definition) is 2. The third kappa shape index (κ3) is 4.32. The summed E-state index contributed by atoms with van der Waals surface area (Å²) in [5.74, 6) is 0.657. The third-order valence-electron chi connectivity index (χ3n) is 3.86. The SMILES string of the molecule is CCCNC(C)C(CC)Cc1c(Br)c(C)nn1CC. The summed E-state index contributed by atoms with van der Waals surface area (Å²) in [5, 5.41) is 8.21. The van der Waals surface area contributed by atoms with Gasteiger partial charge in [0.1, 0.15) is 0 Å². The average molecular weight is 330 g/mol. The van der Waals surface area contributed by atoms with Crippen molar-refractivity contribution in [3.05, 3.63) is 15.9 Å². The summed E-state index contributed by atoms with van der Waals surface area (Å²) in [5.41, 5.74) is 2.44. The Labute approximate surface area is 126 Å². The Hall–Kier alpha value is -0.350. The van der Waals surface area contributed by atoms with Crippen molar-refractivity contribution in [1.29, 1.82) is 0 Å². The molecular weight excluding hydrogens is 302 g/mol. The highest BCUT2D eigenvalue weighted by molar-refractivity contribution is 9.10. The van der Waals surface area contributed by atoms with Crippen LogP contribution in [0.5, 0.6) is 0 Å². The molecule has 1 aromatic heterocycles. The molecule has 110 valence electrons. The van der Waals surface area contributed by atoms with Crippen molar-refractivity contribution in [2.75, 3.05) is 6.54 Å². The second-order valence-electron chi connectivity index (χ2n) is 5.28. The third-order valence-corrected chi connectivity index (χ3v) is 4.89. The molecule has 2 atom stereocenters. The van der Waals surface area contributed by atoms with Crippen LogP contribution in [0, 0.1) is 12.8 Å². The Morgan fingerprint density at radius 1 is 1.32 bits per heavy atom. The van der Waals surface area contributed by atoms with E-state index in [1.54, 1.807) is 0 Å². The fourth-order valence-corrected chi connectivity index (χ4v) is 2.97. The molecular formula is C15H28BrN3. The lowest BCUT2D eigenvalue weighted by molar-refractivity contribution is 0.354. The monoisotopic (exact) mass is 329 g/mol. The Balaban J connectivity index is 2.80. The first-order valence-corrected chi connectivity index (χ1v) is 8.29. The molecule has 3 nitrogen and oxygen atoms in total. The minimum absolute atomic E-state index is 0.553. The van der Waals surface area contributed by atoms with Crippen LogP contribution in [0.25, 0.3) is 0 Å². The maximum absolute atomic E-state index is 4.59. The van der Waals surface area contributed by atoms with E-state index in [2.05, 4.69) is 65.6 Å². The van der Waals surface area contributed by atoms with Gasteiger partial charge in [0, 0.05) is 12.6 Å². The first-order chi connectivity index (χ1) is 9.04. The van der Waals surface area contributed by atoms with E-state index in [0.29, 0.717) is 12.0 Å². The summed E-state index contributed by atoms with van der Waals surface area (Å²) in [6.07, 6.45) is 3.47. The van der Waals surface area contributed by atoms with Gasteiger partial charge in [0.15, 0.2) is 0 Å². The number of aromatic nitrogens is 2. The maximum atomic E-state index is 4.59. The van der Waals surface area contributed by atoms with Gasteiger partial charge in [-0.25, -0.2) is 0 Å². The van der Waals surface area contributed by atoms with Crippen LogP contribution in [0.2, 0.25) is 0 Å². The Bertz CT molecular complexity index is 387. The number of aryl methyl sites for hydroxylation is 2. The van der Waals surface area contributed by atoms with Crippen molar-refractivity contribution in [3.63, 3.8) is 0 Å². The molecule has 2 unspecified atom stereocenters. The standard InChI is InChI=1S/C15H28BrN3/c1-6-9-17-11(4)13(7-2)10-14-15(16)12(5)18-19(14)8-3/h11,13,17H,6-10H2,1-5H3. The molecule has 0 saturated heterocycles. The van der Waals surface area contributed by atoms with Crippen molar-refractivity contribution in [3.8, 4) is 0 Å². The predicted molar refractivity (Wildman–Crippen MR) is 85.6 cm³/mol. The predicted octanol–water partition coefficient (Wildman–Crippen LogP) is 3.93. The fourth-order valence-electron chi connectivity index (χ4n) is 2.53. The summed E-state index contributed by atoms with van der Waals surface area (Å²) in [7, 11) is 0. The van der Waals surface area contributed by atoms with Gasteiger partial charge in [-0.1, -0.05) is 20.3 Å². The van der Waals surface area contributed by atoms with Crippen LogP contribution >= 0.6 is 15.9 Å². The van der Waals surface area contributed by atoms with Gasteiger partial charge in [0.05, 0.1) is 15.9 Å². The molecule has 0 aliphatic carbocycles. The molecule has 0 amide bonds. The van der Waals surface area contributed by atoms with E-state index < -0.39 is 0 Å². The highest BCUT2D eigenvalue weighted by Gasteiger charge is 2.20. The number of rotatable bonds is 8. The molecule has 1 N–H and O–H groups in total. The topological polar surface area (TPSA) is 29.9 Å². The van der Waals surface area contributed by atoms with Crippen LogP contribution in [0.4, 0.5) is 0 Å². The largest absolute Gasteiger partial charge is 0.314 e. The zero-order chi connectivity index (χ0) is 14.4. The van der Waals surface area contributed by atoms with E-state index in [-0.39, 0.29) is 0 Å². The molecule has 1 aromatic rings. The van der Waals surface area contributed by atoms with Gasteiger partial charge in [-0.3, -0.25) is 4.68 Å². The van der Waals surface area contributed by atoms with E-state index in [1.165, 1.54) is 23.0 Å². The van der Waals surface area contributed by atoms with Crippen molar-refractivity contribution < 1.29 is 0 Å². The molecule has 0 aromatic carbocycles. The minimum atomic E-state index is 0.553. The second-order valence-corrected chi connectivity index (χ2v) is 6.07. The Morgan fingerprint density at radius 2 is 2.00 bits per heavy atom. The van der Waals surface area contributed by atoms with E-state index >= 15 is 0 Å². The second kappa shape index (κ2) is 8.05. The van der Waals surface area contributed by atoms with Crippen molar-refractivity contribution in [2.24, 2.45) is 5.92 Å². The van der Waals surface area contributed by atoms with Gasteiger partial charge < -0.3 is 5.32 Å². The maximum Gasteiger partial charge on any atom is 0.0738 e. The molecule has 19 heavy (non-hydrogen) atoms. The van der Waals surface area contributed by atoms with E-state index in [4.69, 9.17) is 0 Å². The molecule has 0 saturated carbocycles. The molecule has 1 rings (SSSR count). The summed E-state index contributed by atoms with van der Waals surface area (Å²) < 4.78 is 3.32. The van der Waals surface area contributed by atoms with Crippen LogP contribution in [0.1, 0.15) is 51.9 Å². The fraction of sp³-hybridized carbons (Fsp3) is 0.800. The summed E-state index contributed by atoms with van der Waals surface area (Å²) in [6, 6.07) is 0.553. The van der Waals surface area contributed by atoms with Gasteiger partial charge in [0.25, 0.3) is 0 Å². The highest BCUT2D eigenvalue weighted by Crippen LogP contribution is 2.26. The van der Waals surface area contributed by atoms with E-state index in [1.807, 2.05) is 0 Å². The number of nitrogens with one attached hydrogen (secondary N) is 1. The first kappa shape index (κ1) is 16.7. The zero-order valence-electron chi connectivity index (χ0n) is 13.0. The van der Waals surface area contributed by atoms with Crippen LogP contribution in [0.15, 0.2) is 4.47 Å².